The van der Waals surface area contributed by atoms with E-state index in [-0.39, 0.29) is 30.7 Å². The number of nitrogen functional groups attached to an aromatic ring is 1. The van der Waals surface area contributed by atoms with Crippen LogP contribution in [-0.4, -0.2) is 57.4 Å². The zero-order valence-electron chi connectivity index (χ0n) is 17.2. The van der Waals surface area contributed by atoms with Crippen molar-refractivity contribution in [1.82, 2.24) is 5.32 Å². The lowest BCUT2D eigenvalue weighted by Gasteiger charge is -2.24. The molecule has 176 valence electrons. The predicted octanol–water partition coefficient (Wildman–Crippen LogP) is 1.86. The number of carboxylic acids is 2. The molecular formula is C19H23F3N4O6. The van der Waals surface area contributed by atoms with Crippen molar-refractivity contribution in [2.45, 2.75) is 50.9 Å². The van der Waals surface area contributed by atoms with Crippen molar-refractivity contribution in [3.63, 3.8) is 0 Å². The van der Waals surface area contributed by atoms with Crippen LogP contribution in [0.4, 0.5) is 13.2 Å². The summed E-state index contributed by atoms with van der Waals surface area (Å²) in [7, 11) is 0. The number of hydrogen-bond acceptors (Lipinski definition) is 6. The van der Waals surface area contributed by atoms with E-state index in [1.165, 1.54) is 0 Å². The second-order valence-corrected chi connectivity index (χ2v) is 7.47. The number of nitrogens with zero attached hydrogens (tertiary/aromatic N) is 1. The van der Waals surface area contributed by atoms with Gasteiger partial charge in [-0.2, -0.15) is 13.2 Å². The molecule has 13 heteroatoms. The third kappa shape index (κ3) is 9.02. The van der Waals surface area contributed by atoms with E-state index in [0.717, 1.165) is 11.3 Å². The first-order chi connectivity index (χ1) is 14.6. The maximum absolute atomic E-state index is 12.1. The molecule has 1 aliphatic rings. The van der Waals surface area contributed by atoms with Gasteiger partial charge in [0.1, 0.15) is 11.9 Å². The lowest BCUT2D eigenvalue weighted by Crippen LogP contribution is -2.45. The van der Waals surface area contributed by atoms with Gasteiger partial charge in [-0.15, -0.1) is 0 Å². The summed E-state index contributed by atoms with van der Waals surface area (Å²) < 4.78 is 31.7. The van der Waals surface area contributed by atoms with E-state index in [4.69, 9.17) is 31.0 Å². The number of carboxylic acid groups (broad SMARTS) is 2. The molecule has 0 radical (unpaired) electrons. The molecule has 2 rings (SSSR count). The molecule has 1 atom stereocenters. The monoisotopic (exact) mass is 460 g/mol. The molecule has 0 aliphatic carbocycles. The van der Waals surface area contributed by atoms with Gasteiger partial charge in [-0.1, -0.05) is 29.4 Å². The van der Waals surface area contributed by atoms with Gasteiger partial charge in [0.25, 0.3) is 0 Å². The largest absolute Gasteiger partial charge is 0.490 e. The van der Waals surface area contributed by atoms with Gasteiger partial charge >= 0.3 is 18.1 Å². The Morgan fingerprint density at radius 3 is 2.19 bits per heavy atom. The molecule has 0 spiro atoms. The highest BCUT2D eigenvalue weighted by Crippen LogP contribution is 2.20. The average molecular weight is 460 g/mol. The number of alkyl halides is 3. The molecule has 0 aromatic heterocycles. The minimum atomic E-state index is -5.08. The van der Waals surface area contributed by atoms with Crippen LogP contribution in [0.1, 0.15) is 44.2 Å². The van der Waals surface area contributed by atoms with Gasteiger partial charge in [-0.3, -0.25) is 15.0 Å². The number of halogens is 3. The first kappa shape index (κ1) is 26.4. The number of carbonyl (C=O) groups excluding carboxylic acids is 1. The first-order valence-corrected chi connectivity index (χ1v) is 9.11. The van der Waals surface area contributed by atoms with Gasteiger partial charge in [-0.25, -0.2) is 4.79 Å². The van der Waals surface area contributed by atoms with Crippen LogP contribution in [-0.2, 0) is 19.2 Å². The summed E-state index contributed by atoms with van der Waals surface area (Å²) in [4.78, 5) is 37.1. The van der Waals surface area contributed by atoms with Crippen molar-refractivity contribution in [1.29, 1.82) is 5.41 Å². The van der Waals surface area contributed by atoms with E-state index in [9.17, 15) is 22.8 Å². The highest BCUT2D eigenvalue weighted by molar-refractivity contribution is 6.02. The fraction of sp³-hybridized carbons (Fsp3) is 0.421. The molecule has 32 heavy (non-hydrogen) atoms. The van der Waals surface area contributed by atoms with E-state index in [1.54, 1.807) is 38.1 Å². The van der Waals surface area contributed by atoms with Gasteiger partial charge in [-0.05, 0) is 19.4 Å². The second-order valence-electron chi connectivity index (χ2n) is 7.47. The molecule has 1 unspecified atom stereocenters. The smallest absolute Gasteiger partial charge is 0.481 e. The maximum Gasteiger partial charge on any atom is 0.490 e. The third-order valence-electron chi connectivity index (χ3n) is 3.99. The van der Waals surface area contributed by atoms with Crippen LogP contribution < -0.4 is 11.1 Å². The van der Waals surface area contributed by atoms with E-state index in [2.05, 4.69) is 10.5 Å². The topological polar surface area (TPSA) is 175 Å². The number of carbonyl (C=O) groups is 3. The standard InChI is InChI=1S/C17H22N4O4.C2HF3O2/c1-17(2,9-15(23)24)20-14(22)8-12-7-13(21-25-12)10-3-5-11(6-4-10)16(18)19;3-2(4,5)1(6)7/h3-6,12H,7-9H2,1-2H3,(H3,18,19)(H,20,22)(H,23,24);(H,6,7). The molecule has 6 N–H and O–H groups in total. The van der Waals surface area contributed by atoms with E-state index >= 15 is 0 Å². The Bertz CT molecular complexity index is 897. The first-order valence-electron chi connectivity index (χ1n) is 9.11. The third-order valence-corrected chi connectivity index (χ3v) is 3.99. The molecule has 1 heterocycles. The Morgan fingerprint density at radius 1 is 1.22 bits per heavy atom. The van der Waals surface area contributed by atoms with Crippen LogP contribution in [0.25, 0.3) is 0 Å². The number of aliphatic carboxylic acids is 2. The fourth-order valence-corrected chi connectivity index (χ4v) is 2.61. The average Bonchev–Trinajstić information content (AvgIpc) is 3.08. The van der Waals surface area contributed by atoms with Crippen LogP contribution in [0, 0.1) is 5.41 Å². The summed E-state index contributed by atoms with van der Waals surface area (Å²) in [5, 5.41) is 30.1. The summed E-state index contributed by atoms with van der Waals surface area (Å²) in [6.07, 6.45) is -5.05. The Labute approximate surface area is 180 Å². The summed E-state index contributed by atoms with van der Waals surface area (Å²) in [5.41, 5.74) is 6.79. The van der Waals surface area contributed by atoms with Crippen molar-refractivity contribution in [3.05, 3.63) is 35.4 Å². The highest BCUT2D eigenvalue weighted by Gasteiger charge is 2.38. The Kier molecular flexibility index (Phi) is 8.74. The van der Waals surface area contributed by atoms with Crippen LogP contribution in [0.3, 0.4) is 0 Å². The summed E-state index contributed by atoms with van der Waals surface area (Å²) in [5.74, 6) is -4.01. The molecule has 1 aromatic rings. The summed E-state index contributed by atoms with van der Waals surface area (Å²) >= 11 is 0. The van der Waals surface area contributed by atoms with Gasteiger partial charge in [0, 0.05) is 17.5 Å². The molecule has 1 aromatic carbocycles. The van der Waals surface area contributed by atoms with E-state index in [1.807, 2.05) is 0 Å². The molecule has 0 bridgehead atoms. The Morgan fingerprint density at radius 2 is 1.75 bits per heavy atom. The van der Waals surface area contributed by atoms with E-state index in [0.29, 0.717) is 12.0 Å². The predicted molar refractivity (Wildman–Crippen MR) is 106 cm³/mol. The molecular weight excluding hydrogens is 437 g/mol. The summed E-state index contributed by atoms with van der Waals surface area (Å²) in [6.45, 7) is 3.32. The zero-order chi connectivity index (χ0) is 24.7. The molecule has 0 saturated heterocycles. The Hall–Kier alpha value is -3.64. The zero-order valence-corrected chi connectivity index (χ0v) is 17.2. The molecule has 1 amide bonds. The van der Waals surface area contributed by atoms with Crippen molar-refractivity contribution in [2.75, 3.05) is 0 Å². The van der Waals surface area contributed by atoms with Gasteiger partial charge in [0.2, 0.25) is 5.91 Å². The number of nitrogens with two attached hydrogens (primary N) is 1. The van der Waals surface area contributed by atoms with Crippen LogP contribution in [0.5, 0.6) is 0 Å². The van der Waals surface area contributed by atoms with Crippen LogP contribution in [0.15, 0.2) is 29.4 Å². The number of oxime groups is 1. The number of hydrogen-bond donors (Lipinski definition) is 5. The SMILES string of the molecule is CC(C)(CC(=O)O)NC(=O)CC1CC(c2ccc(C(=N)N)cc2)=NO1.O=C(O)C(F)(F)F. The normalized spacial score (nSPS) is 15.5. The minimum absolute atomic E-state index is 0.00492. The van der Waals surface area contributed by atoms with E-state index < -0.39 is 23.7 Å². The van der Waals surface area contributed by atoms with Crippen LogP contribution in [0.2, 0.25) is 0 Å². The lowest BCUT2D eigenvalue weighted by atomic mass is 9.99. The quantitative estimate of drug-likeness (QED) is 0.305. The maximum atomic E-state index is 12.1. The van der Waals surface area contributed by atoms with Crippen molar-refractivity contribution in [3.8, 4) is 0 Å². The number of amides is 1. The number of amidine groups is 1. The minimum Gasteiger partial charge on any atom is -0.481 e. The summed E-state index contributed by atoms with van der Waals surface area (Å²) in [6, 6.07) is 7.07. The van der Waals surface area contributed by atoms with Gasteiger partial charge in [0.15, 0.2) is 0 Å². The molecule has 0 saturated carbocycles. The van der Waals surface area contributed by atoms with Crippen molar-refractivity contribution >= 4 is 29.4 Å². The van der Waals surface area contributed by atoms with Crippen molar-refractivity contribution in [2.24, 2.45) is 10.9 Å². The van der Waals surface area contributed by atoms with Crippen LogP contribution >= 0.6 is 0 Å². The second kappa shape index (κ2) is 10.6. The molecule has 10 nitrogen and oxygen atoms in total. The molecule has 0 fully saturated rings. The lowest BCUT2D eigenvalue weighted by molar-refractivity contribution is -0.192. The fourth-order valence-electron chi connectivity index (χ4n) is 2.61. The van der Waals surface area contributed by atoms with Gasteiger partial charge in [0.05, 0.1) is 18.6 Å². The van der Waals surface area contributed by atoms with Crippen molar-refractivity contribution < 1.29 is 42.6 Å². The van der Waals surface area contributed by atoms with Gasteiger partial charge < -0.3 is 26.1 Å². The number of nitrogens with one attached hydrogen (secondary N) is 2. The number of rotatable bonds is 7. The number of benzene rings is 1. The highest BCUT2D eigenvalue weighted by atomic mass is 19.4. The Balaban J connectivity index is 0.000000633. The molecule has 1 aliphatic heterocycles.